The van der Waals surface area contributed by atoms with Crippen LogP contribution in [0.2, 0.25) is 0 Å². The predicted octanol–water partition coefficient (Wildman–Crippen LogP) is 2.32. The fourth-order valence-corrected chi connectivity index (χ4v) is 3.38. The Bertz CT molecular complexity index is 957. The molecule has 0 aliphatic rings. The van der Waals surface area contributed by atoms with Crippen molar-refractivity contribution in [1.29, 1.82) is 0 Å². The Morgan fingerprint density at radius 2 is 1.59 bits per heavy atom. The maximum atomic E-state index is 13.0. The highest BCUT2D eigenvalue weighted by atomic mass is 32.2. The molecule has 0 aliphatic carbocycles. The molecule has 0 spiro atoms. The lowest BCUT2D eigenvalue weighted by Crippen LogP contribution is -2.29. The Morgan fingerprint density at radius 1 is 1.00 bits per heavy atom. The fourth-order valence-electron chi connectivity index (χ4n) is 2.09. The number of rotatable bonds is 6. The fraction of sp³-hybridized carbons (Fsp3) is 0.125. The number of carbonyl (C=O) groups is 2. The lowest BCUT2D eigenvalue weighted by Gasteiger charge is -2.14. The molecule has 3 N–H and O–H groups in total. The van der Waals surface area contributed by atoms with Gasteiger partial charge in [-0.3, -0.25) is 14.3 Å². The van der Waals surface area contributed by atoms with Crippen molar-refractivity contribution >= 4 is 27.6 Å². The van der Waals surface area contributed by atoms with Gasteiger partial charge in [0.15, 0.2) is 0 Å². The highest BCUT2D eigenvalue weighted by Gasteiger charge is 2.36. The van der Waals surface area contributed by atoms with Gasteiger partial charge in [-0.05, 0) is 36.4 Å². The van der Waals surface area contributed by atoms with E-state index in [4.69, 9.17) is 5.11 Å². The van der Waals surface area contributed by atoms with Gasteiger partial charge in [0, 0.05) is 11.3 Å². The van der Waals surface area contributed by atoms with Crippen molar-refractivity contribution in [2.45, 2.75) is 11.1 Å². The first-order valence-corrected chi connectivity index (χ1v) is 8.78. The van der Waals surface area contributed by atoms with Gasteiger partial charge in [0.25, 0.3) is 15.9 Å². The number of carboxylic acid groups (broad SMARTS) is 1. The van der Waals surface area contributed by atoms with E-state index in [1.165, 1.54) is 30.3 Å². The van der Waals surface area contributed by atoms with Gasteiger partial charge in [-0.1, -0.05) is 12.1 Å². The van der Waals surface area contributed by atoms with Crippen molar-refractivity contribution in [1.82, 2.24) is 5.32 Å². The number of benzene rings is 2. The van der Waals surface area contributed by atoms with Crippen LogP contribution in [0.15, 0.2) is 53.4 Å². The van der Waals surface area contributed by atoms with E-state index in [0.717, 1.165) is 12.1 Å². The molecule has 0 unspecified atom stereocenters. The maximum absolute atomic E-state index is 13.0. The average molecular weight is 402 g/mol. The number of alkyl halides is 3. The molecule has 11 heteroatoms. The van der Waals surface area contributed by atoms with E-state index in [2.05, 4.69) is 5.32 Å². The zero-order chi connectivity index (χ0) is 20.2. The number of carbonyl (C=O) groups excluding carboxylic acids is 1. The summed E-state index contributed by atoms with van der Waals surface area (Å²) in [6.07, 6.45) is -4.85. The van der Waals surface area contributed by atoms with Crippen LogP contribution in [-0.4, -0.2) is 31.9 Å². The van der Waals surface area contributed by atoms with Crippen LogP contribution < -0.4 is 10.0 Å². The Labute approximate surface area is 151 Å². The van der Waals surface area contributed by atoms with Crippen LogP contribution in [0.3, 0.4) is 0 Å². The lowest BCUT2D eigenvalue weighted by atomic mass is 10.2. The minimum absolute atomic E-state index is 0.0508. The number of anilines is 1. The lowest BCUT2D eigenvalue weighted by molar-refractivity contribution is -0.140. The quantitative estimate of drug-likeness (QED) is 0.687. The van der Waals surface area contributed by atoms with Crippen molar-refractivity contribution < 1.29 is 36.3 Å². The van der Waals surface area contributed by atoms with Crippen molar-refractivity contribution in [2.24, 2.45) is 0 Å². The number of hydrogen-bond donors (Lipinski definition) is 3. The molecule has 144 valence electrons. The summed E-state index contributed by atoms with van der Waals surface area (Å²) in [6.45, 7) is -0.596. The van der Waals surface area contributed by atoms with Crippen LogP contribution in [0.1, 0.15) is 15.9 Å². The summed E-state index contributed by atoms with van der Waals surface area (Å²) >= 11 is 0. The number of nitrogens with one attached hydrogen (secondary N) is 2. The topological polar surface area (TPSA) is 113 Å². The second-order valence-corrected chi connectivity index (χ2v) is 6.90. The number of carboxylic acids is 1. The first-order valence-electron chi connectivity index (χ1n) is 7.30. The Kier molecular flexibility index (Phi) is 5.74. The zero-order valence-electron chi connectivity index (χ0n) is 13.4. The molecule has 0 fully saturated rings. The number of halogens is 3. The minimum atomic E-state index is -4.85. The Balaban J connectivity index is 2.22. The van der Waals surface area contributed by atoms with E-state index in [0.29, 0.717) is 6.07 Å². The number of amides is 1. The van der Waals surface area contributed by atoms with Gasteiger partial charge in [0.05, 0.1) is 10.5 Å². The summed E-state index contributed by atoms with van der Waals surface area (Å²) in [4.78, 5) is 21.2. The smallest absolute Gasteiger partial charge is 0.417 e. The van der Waals surface area contributed by atoms with Crippen molar-refractivity contribution in [2.75, 3.05) is 11.3 Å². The third-order valence-electron chi connectivity index (χ3n) is 3.28. The molecule has 0 aromatic heterocycles. The van der Waals surface area contributed by atoms with Gasteiger partial charge < -0.3 is 10.4 Å². The molecular weight excluding hydrogens is 389 g/mol. The second-order valence-electron chi connectivity index (χ2n) is 5.25. The van der Waals surface area contributed by atoms with Gasteiger partial charge in [0.1, 0.15) is 6.54 Å². The van der Waals surface area contributed by atoms with Gasteiger partial charge >= 0.3 is 12.1 Å². The molecule has 0 saturated heterocycles. The van der Waals surface area contributed by atoms with E-state index in [1.807, 2.05) is 4.72 Å². The molecule has 2 aromatic carbocycles. The summed E-state index contributed by atoms with van der Waals surface area (Å²) in [5, 5.41) is 10.6. The standard InChI is InChI=1S/C16H13F3N2O5S/c17-16(18,19)12-3-1-2-4-13(12)27(25,26)21-11-7-5-10(6-8-11)15(24)20-9-14(22)23/h1-8,21H,9H2,(H,20,24)(H,22,23). The average Bonchev–Trinajstić information content (AvgIpc) is 2.59. The molecule has 2 rings (SSSR count). The molecule has 1 amide bonds. The van der Waals surface area contributed by atoms with E-state index in [9.17, 15) is 31.2 Å². The van der Waals surface area contributed by atoms with Crippen LogP contribution in [0.5, 0.6) is 0 Å². The van der Waals surface area contributed by atoms with Crippen LogP contribution in [-0.2, 0) is 21.0 Å². The molecule has 2 aromatic rings. The third kappa shape index (κ3) is 5.20. The van der Waals surface area contributed by atoms with Crippen molar-refractivity contribution in [3.05, 3.63) is 59.7 Å². The number of hydrogen-bond acceptors (Lipinski definition) is 4. The molecule has 7 nitrogen and oxygen atoms in total. The molecule has 0 heterocycles. The number of sulfonamides is 1. The summed E-state index contributed by atoms with van der Waals surface area (Å²) in [6, 6.07) is 8.47. The van der Waals surface area contributed by atoms with Gasteiger partial charge in [-0.2, -0.15) is 13.2 Å². The van der Waals surface area contributed by atoms with Crippen LogP contribution in [0.4, 0.5) is 18.9 Å². The summed E-state index contributed by atoms with van der Waals surface area (Å²) in [7, 11) is -4.53. The maximum Gasteiger partial charge on any atom is 0.417 e. The normalized spacial score (nSPS) is 11.7. The van der Waals surface area contributed by atoms with E-state index in [1.54, 1.807) is 0 Å². The summed E-state index contributed by atoms with van der Waals surface area (Å²) in [5.41, 5.74) is -1.32. The highest BCUT2D eigenvalue weighted by Crippen LogP contribution is 2.34. The van der Waals surface area contributed by atoms with Crippen LogP contribution in [0.25, 0.3) is 0 Å². The zero-order valence-corrected chi connectivity index (χ0v) is 14.3. The van der Waals surface area contributed by atoms with E-state index >= 15 is 0 Å². The molecular formula is C16H13F3N2O5S. The van der Waals surface area contributed by atoms with Crippen molar-refractivity contribution in [3.8, 4) is 0 Å². The Morgan fingerprint density at radius 3 is 2.15 bits per heavy atom. The third-order valence-corrected chi connectivity index (χ3v) is 4.72. The summed E-state index contributed by atoms with van der Waals surface area (Å²) in [5.74, 6) is -1.94. The van der Waals surface area contributed by atoms with Crippen molar-refractivity contribution in [3.63, 3.8) is 0 Å². The SMILES string of the molecule is O=C(O)CNC(=O)c1ccc(NS(=O)(=O)c2ccccc2C(F)(F)F)cc1. The van der Waals surface area contributed by atoms with Gasteiger partial charge in [0.2, 0.25) is 0 Å². The first-order chi connectivity index (χ1) is 12.5. The molecule has 0 aliphatic heterocycles. The largest absolute Gasteiger partial charge is 0.480 e. The predicted molar refractivity (Wildman–Crippen MR) is 88.7 cm³/mol. The van der Waals surface area contributed by atoms with Gasteiger partial charge in [-0.15, -0.1) is 0 Å². The summed E-state index contributed by atoms with van der Waals surface area (Å²) < 4.78 is 65.7. The first kappa shape index (κ1) is 20.2. The molecule has 0 bridgehead atoms. The molecule has 27 heavy (non-hydrogen) atoms. The second kappa shape index (κ2) is 7.66. The Hall–Kier alpha value is -3.08. The van der Waals surface area contributed by atoms with E-state index < -0.39 is 45.1 Å². The number of aliphatic carboxylic acids is 1. The van der Waals surface area contributed by atoms with E-state index in [-0.39, 0.29) is 11.3 Å². The van der Waals surface area contributed by atoms with Crippen LogP contribution >= 0.6 is 0 Å². The molecule has 0 atom stereocenters. The van der Waals surface area contributed by atoms with Crippen LogP contribution in [0, 0.1) is 0 Å². The molecule has 0 saturated carbocycles. The highest BCUT2D eigenvalue weighted by molar-refractivity contribution is 7.92. The molecule has 0 radical (unpaired) electrons. The monoisotopic (exact) mass is 402 g/mol. The minimum Gasteiger partial charge on any atom is -0.480 e. The van der Waals surface area contributed by atoms with Gasteiger partial charge in [-0.25, -0.2) is 8.42 Å².